The summed E-state index contributed by atoms with van der Waals surface area (Å²) in [6.45, 7) is 10.4. The van der Waals surface area contributed by atoms with E-state index >= 15 is 0 Å². The first-order valence-electron chi connectivity index (χ1n) is 9.80. The number of hydrogen-bond donors (Lipinski definition) is 2. The highest BCUT2D eigenvalue weighted by molar-refractivity contribution is 7.80. The lowest BCUT2D eigenvalue weighted by molar-refractivity contribution is -0.917. The van der Waals surface area contributed by atoms with Crippen LogP contribution < -0.4 is 15.0 Å². The SMILES string of the molecule is Cc1cccc(NC(=S)N2CC[NH+](Cc3ccc4c(c3)CCO4)CC2)c1C. The van der Waals surface area contributed by atoms with Gasteiger partial charge in [0.1, 0.15) is 12.3 Å². The highest BCUT2D eigenvalue weighted by Crippen LogP contribution is 2.25. The summed E-state index contributed by atoms with van der Waals surface area (Å²) in [5, 5.41) is 4.29. The normalized spacial score (nSPS) is 16.7. The van der Waals surface area contributed by atoms with E-state index in [0.29, 0.717) is 0 Å². The third-order valence-corrected chi connectivity index (χ3v) is 6.17. The zero-order valence-electron chi connectivity index (χ0n) is 16.2. The maximum absolute atomic E-state index is 5.67. The van der Waals surface area contributed by atoms with Crippen LogP contribution in [0.1, 0.15) is 22.3 Å². The molecule has 27 heavy (non-hydrogen) atoms. The highest BCUT2D eigenvalue weighted by Gasteiger charge is 2.23. The van der Waals surface area contributed by atoms with Crippen LogP contribution in [0.15, 0.2) is 36.4 Å². The van der Waals surface area contributed by atoms with E-state index in [2.05, 4.69) is 60.5 Å². The lowest BCUT2D eigenvalue weighted by Gasteiger charge is -2.34. The molecule has 0 radical (unpaired) electrons. The van der Waals surface area contributed by atoms with Crippen LogP contribution in [0.2, 0.25) is 0 Å². The van der Waals surface area contributed by atoms with Gasteiger partial charge in [-0.05, 0) is 67.0 Å². The number of aryl methyl sites for hydroxylation is 1. The number of nitrogens with one attached hydrogen (secondary N) is 2. The van der Waals surface area contributed by atoms with Gasteiger partial charge in [-0.15, -0.1) is 0 Å². The minimum Gasteiger partial charge on any atom is -0.493 e. The van der Waals surface area contributed by atoms with Crippen molar-refractivity contribution in [1.82, 2.24) is 4.90 Å². The maximum Gasteiger partial charge on any atom is 0.173 e. The van der Waals surface area contributed by atoms with Crippen molar-refractivity contribution in [3.05, 3.63) is 58.7 Å². The first kappa shape index (κ1) is 18.3. The van der Waals surface area contributed by atoms with Crippen LogP contribution >= 0.6 is 12.2 Å². The molecule has 4 rings (SSSR count). The zero-order valence-corrected chi connectivity index (χ0v) is 17.0. The number of benzene rings is 2. The summed E-state index contributed by atoms with van der Waals surface area (Å²) in [6.07, 6.45) is 1.05. The summed E-state index contributed by atoms with van der Waals surface area (Å²) < 4.78 is 5.61. The van der Waals surface area contributed by atoms with Crippen LogP contribution in [-0.2, 0) is 13.0 Å². The molecule has 5 heteroatoms. The van der Waals surface area contributed by atoms with Gasteiger partial charge >= 0.3 is 0 Å². The standard InChI is InChI=1S/C22H27N3OS/c1-16-4-3-5-20(17(16)2)23-22(27)25-11-9-24(10-12-25)15-18-6-7-21-19(14-18)8-13-26-21/h3-7,14H,8-13,15H2,1-2H3,(H,23,27)/p+1. The molecular weight excluding hydrogens is 354 g/mol. The molecule has 2 aliphatic heterocycles. The van der Waals surface area contributed by atoms with Gasteiger partial charge in [-0.3, -0.25) is 0 Å². The summed E-state index contributed by atoms with van der Waals surface area (Å²) in [6, 6.07) is 13.0. The van der Waals surface area contributed by atoms with Gasteiger partial charge in [-0.25, -0.2) is 0 Å². The van der Waals surface area contributed by atoms with E-state index in [4.69, 9.17) is 17.0 Å². The van der Waals surface area contributed by atoms with Gasteiger partial charge in [0.15, 0.2) is 5.11 Å². The van der Waals surface area contributed by atoms with Crippen molar-refractivity contribution in [1.29, 1.82) is 0 Å². The molecular formula is C22H28N3OS+. The van der Waals surface area contributed by atoms with Gasteiger partial charge in [-0.2, -0.15) is 0 Å². The third kappa shape index (κ3) is 4.09. The van der Waals surface area contributed by atoms with Crippen molar-refractivity contribution in [2.45, 2.75) is 26.8 Å². The molecule has 2 aromatic rings. The third-order valence-electron chi connectivity index (χ3n) is 5.81. The molecule has 0 atom stereocenters. The van der Waals surface area contributed by atoms with Crippen LogP contribution in [0, 0.1) is 13.8 Å². The van der Waals surface area contributed by atoms with E-state index in [0.717, 1.165) is 62.3 Å². The topological polar surface area (TPSA) is 28.9 Å². The minimum absolute atomic E-state index is 0.829. The summed E-state index contributed by atoms with van der Waals surface area (Å²) in [5.74, 6) is 1.07. The number of hydrogen-bond acceptors (Lipinski definition) is 2. The smallest absolute Gasteiger partial charge is 0.173 e. The van der Waals surface area contributed by atoms with Crippen molar-refractivity contribution in [2.24, 2.45) is 0 Å². The molecule has 2 aliphatic rings. The molecule has 0 unspecified atom stereocenters. The Hall–Kier alpha value is -2.11. The Morgan fingerprint density at radius 2 is 2.00 bits per heavy atom. The minimum atomic E-state index is 0.829. The number of rotatable bonds is 3. The molecule has 4 nitrogen and oxygen atoms in total. The van der Waals surface area contributed by atoms with E-state index in [1.165, 1.54) is 22.3 Å². The van der Waals surface area contributed by atoms with Crippen LogP contribution in [0.3, 0.4) is 0 Å². The number of anilines is 1. The fourth-order valence-electron chi connectivity index (χ4n) is 3.92. The molecule has 142 valence electrons. The Labute approximate surface area is 167 Å². The van der Waals surface area contributed by atoms with Crippen molar-refractivity contribution in [3.63, 3.8) is 0 Å². The van der Waals surface area contributed by atoms with Crippen molar-refractivity contribution in [2.75, 3.05) is 38.1 Å². The van der Waals surface area contributed by atoms with E-state index in [-0.39, 0.29) is 0 Å². The lowest BCUT2D eigenvalue weighted by atomic mass is 10.1. The number of piperazine rings is 1. The van der Waals surface area contributed by atoms with Gasteiger partial charge in [0.05, 0.1) is 32.8 Å². The van der Waals surface area contributed by atoms with E-state index < -0.39 is 0 Å². The van der Waals surface area contributed by atoms with Crippen LogP contribution in [0.25, 0.3) is 0 Å². The monoisotopic (exact) mass is 382 g/mol. The summed E-state index contributed by atoms with van der Waals surface area (Å²) in [5.41, 5.74) is 6.46. The average molecular weight is 383 g/mol. The molecule has 0 amide bonds. The van der Waals surface area contributed by atoms with Gasteiger partial charge < -0.3 is 19.9 Å². The molecule has 0 aliphatic carbocycles. The van der Waals surface area contributed by atoms with Crippen molar-refractivity contribution in [3.8, 4) is 5.75 Å². The Bertz CT molecular complexity index is 843. The predicted octanol–water partition coefficient (Wildman–Crippen LogP) is 2.34. The van der Waals surface area contributed by atoms with Crippen LogP contribution in [-0.4, -0.2) is 42.8 Å². The van der Waals surface area contributed by atoms with Crippen molar-refractivity contribution >= 4 is 23.0 Å². The zero-order chi connectivity index (χ0) is 18.8. The molecule has 2 N–H and O–H groups in total. The highest BCUT2D eigenvalue weighted by atomic mass is 32.1. The second-order valence-corrected chi connectivity index (χ2v) is 8.02. The molecule has 0 saturated carbocycles. The summed E-state index contributed by atoms with van der Waals surface area (Å²) in [4.78, 5) is 3.93. The Kier molecular flexibility index (Phi) is 5.32. The maximum atomic E-state index is 5.67. The molecule has 0 aromatic heterocycles. The number of thiocarbonyl (C=S) groups is 1. The van der Waals surface area contributed by atoms with Crippen molar-refractivity contribution < 1.29 is 9.64 Å². The summed E-state index contributed by atoms with van der Waals surface area (Å²) in [7, 11) is 0. The first-order chi connectivity index (χ1) is 13.1. The fourth-order valence-corrected chi connectivity index (χ4v) is 4.21. The number of nitrogens with zero attached hydrogens (tertiary/aromatic N) is 1. The van der Waals surface area contributed by atoms with Gasteiger partial charge in [-0.1, -0.05) is 12.1 Å². The van der Waals surface area contributed by atoms with Crippen LogP contribution in [0.4, 0.5) is 5.69 Å². The molecule has 2 aromatic carbocycles. The Morgan fingerprint density at radius 1 is 1.19 bits per heavy atom. The lowest BCUT2D eigenvalue weighted by Crippen LogP contribution is -3.13. The van der Waals surface area contributed by atoms with E-state index in [1.807, 2.05) is 0 Å². The van der Waals surface area contributed by atoms with Gasteiger partial charge in [0.2, 0.25) is 0 Å². The fraction of sp³-hybridized carbons (Fsp3) is 0.409. The Morgan fingerprint density at radius 3 is 2.81 bits per heavy atom. The second kappa shape index (κ2) is 7.87. The molecule has 1 fully saturated rings. The van der Waals surface area contributed by atoms with Gasteiger partial charge in [0, 0.05) is 17.7 Å². The van der Waals surface area contributed by atoms with E-state index in [1.54, 1.807) is 4.90 Å². The van der Waals surface area contributed by atoms with E-state index in [9.17, 15) is 0 Å². The number of fused-ring (bicyclic) bond motifs is 1. The summed E-state index contributed by atoms with van der Waals surface area (Å²) >= 11 is 5.67. The molecule has 2 heterocycles. The quantitative estimate of drug-likeness (QED) is 0.798. The number of quaternary nitrogens is 1. The van der Waals surface area contributed by atoms with Crippen LogP contribution in [0.5, 0.6) is 5.75 Å². The molecule has 0 spiro atoms. The average Bonchev–Trinajstić information content (AvgIpc) is 3.14. The largest absolute Gasteiger partial charge is 0.493 e. The number of ether oxygens (including phenoxy) is 1. The Balaban J connectivity index is 1.31. The predicted molar refractivity (Wildman–Crippen MR) is 114 cm³/mol. The first-order valence-corrected chi connectivity index (χ1v) is 10.2. The molecule has 0 bridgehead atoms. The van der Waals surface area contributed by atoms with Gasteiger partial charge in [0.25, 0.3) is 0 Å². The second-order valence-electron chi connectivity index (χ2n) is 7.63. The molecule has 1 saturated heterocycles.